The molecule has 0 aliphatic carbocycles. The molecule has 0 aliphatic rings. The highest BCUT2D eigenvalue weighted by Gasteiger charge is 2.35. The number of hydrogen-bond donors (Lipinski definition) is 4. The maximum atomic E-state index is 13.2. The van der Waals surface area contributed by atoms with Gasteiger partial charge in [0, 0.05) is 11.9 Å². The highest BCUT2D eigenvalue weighted by Crippen LogP contribution is 2.51. The lowest BCUT2D eigenvalue weighted by Gasteiger charge is -2.16. The molecular weight excluding hydrogens is 657 g/mol. The summed E-state index contributed by atoms with van der Waals surface area (Å²) in [5.41, 5.74) is 10.2. The first kappa shape index (κ1) is 32.8. The standard InChI is InChI=1S/C21H19Cl2F3N5O7PS2/c22-16-13-8-15(40-20(13)17(23)19(36-5-3-27)18(16)37-6-4-30-29)41(34,35)31-10-39(32,33)38-12-2-1-11(9-28)14(7-12)21(24,25)26/h1-2,7-8,29,31H,3-6,10,27H2,(H,32,33). The van der Waals surface area contributed by atoms with Crippen molar-refractivity contribution in [3.8, 4) is 23.3 Å². The normalized spacial score (nSPS) is 13.4. The second-order valence-electron chi connectivity index (χ2n) is 7.81. The fraction of sp³-hybridized carbons (Fsp3) is 0.286. The fourth-order valence-corrected chi connectivity index (χ4v) is 7.87. The number of nitrogens with zero attached hydrogens (tertiary/aromatic N) is 2. The van der Waals surface area contributed by atoms with Gasteiger partial charge < -0.3 is 24.6 Å². The zero-order valence-corrected chi connectivity index (χ0v) is 24.4. The number of alkyl halides is 3. The van der Waals surface area contributed by atoms with Crippen LogP contribution in [0.25, 0.3) is 10.1 Å². The molecule has 41 heavy (non-hydrogen) atoms. The zero-order valence-electron chi connectivity index (χ0n) is 20.4. The number of halogens is 5. The second-order valence-corrected chi connectivity index (χ2v) is 13.4. The third-order valence-electron chi connectivity index (χ3n) is 4.95. The first-order valence-electron chi connectivity index (χ1n) is 11.0. The summed E-state index contributed by atoms with van der Waals surface area (Å²) in [6, 6.07) is 4.45. The van der Waals surface area contributed by atoms with E-state index in [9.17, 15) is 31.0 Å². The minimum atomic E-state index is -4.95. The SMILES string of the molecule is N#Cc1ccc(OP(=O)(O)CNS(=O)(=O)c2cc3c(Cl)c(OCCN=N)c(OCCN)c(Cl)c3s2)cc1C(F)(F)F. The van der Waals surface area contributed by atoms with Gasteiger partial charge in [0.2, 0.25) is 0 Å². The molecule has 5 N–H and O–H groups in total. The van der Waals surface area contributed by atoms with Crippen molar-refractivity contribution in [1.29, 1.82) is 10.8 Å². The number of nitrogens with one attached hydrogen (secondary N) is 2. The Kier molecular flexibility index (Phi) is 10.5. The van der Waals surface area contributed by atoms with E-state index in [0.717, 1.165) is 18.2 Å². The van der Waals surface area contributed by atoms with E-state index in [1.165, 1.54) is 6.07 Å². The Hall–Kier alpha value is -2.68. The van der Waals surface area contributed by atoms with Crippen molar-refractivity contribution >= 4 is 62.2 Å². The van der Waals surface area contributed by atoms with E-state index < -0.39 is 51.2 Å². The van der Waals surface area contributed by atoms with Crippen molar-refractivity contribution in [3.05, 3.63) is 45.4 Å². The third kappa shape index (κ3) is 7.79. The molecule has 0 bridgehead atoms. The van der Waals surface area contributed by atoms with Crippen molar-refractivity contribution in [2.45, 2.75) is 10.4 Å². The zero-order chi connectivity index (χ0) is 30.6. The molecule has 0 fully saturated rings. The Labute approximate surface area is 244 Å². The number of ether oxygens (including phenoxy) is 2. The summed E-state index contributed by atoms with van der Waals surface area (Å²) in [6.07, 6.45) is -6.17. The van der Waals surface area contributed by atoms with Gasteiger partial charge in [0.1, 0.15) is 34.5 Å². The van der Waals surface area contributed by atoms with Gasteiger partial charge in [0.25, 0.3) is 10.0 Å². The van der Waals surface area contributed by atoms with Crippen molar-refractivity contribution in [3.63, 3.8) is 0 Å². The number of fused-ring (bicyclic) bond motifs is 1. The van der Waals surface area contributed by atoms with Gasteiger partial charge in [0.15, 0.2) is 11.5 Å². The summed E-state index contributed by atoms with van der Waals surface area (Å²) in [5, 5.41) is 12.1. The number of nitriles is 1. The molecule has 0 radical (unpaired) electrons. The van der Waals surface area contributed by atoms with Crippen LogP contribution in [0.2, 0.25) is 10.0 Å². The largest absolute Gasteiger partial charge is 0.487 e. The number of thiophene rings is 1. The van der Waals surface area contributed by atoms with E-state index in [4.69, 9.17) is 53.7 Å². The van der Waals surface area contributed by atoms with E-state index in [-0.39, 0.29) is 57.9 Å². The first-order valence-corrected chi connectivity index (χ1v) is 15.8. The van der Waals surface area contributed by atoms with E-state index in [2.05, 4.69) is 5.11 Å². The lowest BCUT2D eigenvalue weighted by atomic mass is 10.1. The smallest absolute Gasteiger partial charge is 0.417 e. The summed E-state index contributed by atoms with van der Waals surface area (Å²) in [7, 11) is -9.40. The molecular formula is C21H19Cl2F3N5O7PS2. The van der Waals surface area contributed by atoms with Crippen LogP contribution in [0.3, 0.4) is 0 Å². The van der Waals surface area contributed by atoms with E-state index in [1.54, 1.807) is 0 Å². The van der Waals surface area contributed by atoms with Gasteiger partial charge in [0.05, 0.1) is 33.5 Å². The van der Waals surface area contributed by atoms with Crippen LogP contribution in [0.4, 0.5) is 13.2 Å². The molecule has 20 heteroatoms. The Morgan fingerprint density at radius 3 is 2.46 bits per heavy atom. The Morgan fingerprint density at radius 2 is 1.85 bits per heavy atom. The monoisotopic (exact) mass is 675 g/mol. The average Bonchev–Trinajstić information content (AvgIpc) is 3.37. The average molecular weight is 676 g/mol. The van der Waals surface area contributed by atoms with Crippen LogP contribution in [0.1, 0.15) is 11.1 Å². The van der Waals surface area contributed by atoms with Crippen LogP contribution < -0.4 is 24.5 Å². The molecule has 1 heterocycles. The summed E-state index contributed by atoms with van der Waals surface area (Å²) in [4.78, 5) is 10.1. The van der Waals surface area contributed by atoms with E-state index in [1.807, 2.05) is 4.72 Å². The van der Waals surface area contributed by atoms with Gasteiger partial charge >= 0.3 is 13.8 Å². The highest BCUT2D eigenvalue weighted by molar-refractivity contribution is 7.92. The molecule has 0 spiro atoms. The van der Waals surface area contributed by atoms with Gasteiger partial charge in [-0.1, -0.05) is 23.2 Å². The van der Waals surface area contributed by atoms with Gasteiger partial charge in [-0.15, -0.1) is 11.3 Å². The quantitative estimate of drug-likeness (QED) is 0.105. The molecule has 12 nitrogen and oxygen atoms in total. The maximum Gasteiger partial charge on any atom is 0.417 e. The number of hydrogen-bond acceptors (Lipinski definition) is 11. The molecule has 1 aromatic heterocycles. The minimum Gasteiger partial charge on any atom is -0.487 e. The first-order chi connectivity index (χ1) is 19.1. The van der Waals surface area contributed by atoms with Gasteiger partial charge in [-0.05, 0) is 24.3 Å². The summed E-state index contributed by atoms with van der Waals surface area (Å²) in [6.45, 7) is 0.0220. The molecule has 2 aromatic carbocycles. The van der Waals surface area contributed by atoms with Crippen molar-refractivity contribution in [2.24, 2.45) is 10.8 Å². The molecule has 0 saturated carbocycles. The van der Waals surface area contributed by atoms with Crippen molar-refractivity contribution in [1.82, 2.24) is 4.72 Å². The topological polar surface area (TPSA) is 197 Å². The van der Waals surface area contributed by atoms with Crippen LogP contribution in [0, 0.1) is 16.9 Å². The van der Waals surface area contributed by atoms with E-state index >= 15 is 0 Å². The number of nitrogens with two attached hydrogens (primary N) is 1. The van der Waals surface area contributed by atoms with Crippen LogP contribution in [0.15, 0.2) is 33.6 Å². The summed E-state index contributed by atoms with van der Waals surface area (Å²) in [5.74, 6) is -0.769. The highest BCUT2D eigenvalue weighted by atomic mass is 35.5. The molecule has 3 aromatic rings. The Bertz CT molecular complexity index is 1670. The van der Waals surface area contributed by atoms with Crippen LogP contribution >= 0.6 is 42.1 Å². The van der Waals surface area contributed by atoms with Gasteiger partial charge in [-0.3, -0.25) is 0 Å². The maximum absolute atomic E-state index is 13.2. The lowest BCUT2D eigenvalue weighted by Crippen LogP contribution is -2.25. The van der Waals surface area contributed by atoms with Crippen LogP contribution in [0.5, 0.6) is 17.2 Å². The van der Waals surface area contributed by atoms with Crippen LogP contribution in [-0.2, 0) is 20.8 Å². The Morgan fingerprint density at radius 1 is 1.20 bits per heavy atom. The predicted octanol–water partition coefficient (Wildman–Crippen LogP) is 5.35. The van der Waals surface area contributed by atoms with Gasteiger partial charge in [-0.25, -0.2) is 18.5 Å². The van der Waals surface area contributed by atoms with E-state index in [0.29, 0.717) is 17.4 Å². The number of benzene rings is 2. The number of rotatable bonds is 13. The predicted molar refractivity (Wildman–Crippen MR) is 144 cm³/mol. The molecule has 0 saturated heterocycles. The van der Waals surface area contributed by atoms with Crippen molar-refractivity contribution < 1.29 is 45.0 Å². The number of sulfonamides is 1. The lowest BCUT2D eigenvalue weighted by molar-refractivity contribution is -0.137. The molecule has 3 rings (SSSR count). The molecule has 0 aliphatic heterocycles. The third-order valence-corrected chi connectivity index (χ3v) is 10.1. The Balaban J connectivity index is 1.89. The molecule has 0 amide bonds. The van der Waals surface area contributed by atoms with Crippen LogP contribution in [-0.4, -0.2) is 45.9 Å². The summed E-state index contributed by atoms with van der Waals surface area (Å²) < 4.78 is 95.6. The molecule has 1 atom stereocenters. The molecule has 222 valence electrons. The fourth-order valence-electron chi connectivity index (χ4n) is 3.21. The molecule has 1 unspecified atom stereocenters. The minimum absolute atomic E-state index is 0.00824. The summed E-state index contributed by atoms with van der Waals surface area (Å²) >= 11 is 13.6. The second kappa shape index (κ2) is 13.1. The van der Waals surface area contributed by atoms with Crippen molar-refractivity contribution in [2.75, 3.05) is 32.6 Å². The van der Waals surface area contributed by atoms with Gasteiger partial charge in [-0.2, -0.15) is 28.3 Å².